The Morgan fingerprint density at radius 2 is 1.96 bits per heavy atom. The molecule has 0 aliphatic carbocycles. The predicted octanol–water partition coefficient (Wildman–Crippen LogP) is 3.67. The molecule has 0 saturated carbocycles. The third-order valence-corrected chi connectivity index (χ3v) is 4.74. The van der Waals surface area contributed by atoms with Crippen molar-refractivity contribution in [2.45, 2.75) is 38.4 Å². The first-order valence-electron chi connectivity index (χ1n) is 9.67. The normalized spacial score (nSPS) is 18.4. The number of β-amino-alcohol motifs (C(OH)–C–C–N with tert-alkyl or cyclic N) is 1. The van der Waals surface area contributed by atoms with Gasteiger partial charge in [0.1, 0.15) is 36.1 Å². The van der Waals surface area contributed by atoms with Crippen molar-refractivity contribution < 1.29 is 19.0 Å². The molecule has 0 amide bonds. The van der Waals surface area contributed by atoms with Crippen LogP contribution in [0.25, 0.3) is 0 Å². The molecule has 5 heteroatoms. The van der Waals surface area contributed by atoms with Crippen LogP contribution >= 0.6 is 0 Å². The van der Waals surface area contributed by atoms with Crippen LogP contribution in [0.2, 0.25) is 0 Å². The summed E-state index contributed by atoms with van der Waals surface area (Å²) in [6.07, 6.45) is 2.44. The van der Waals surface area contributed by atoms with Crippen LogP contribution in [0.3, 0.4) is 0 Å². The molecule has 2 aromatic carbocycles. The van der Waals surface area contributed by atoms with Crippen molar-refractivity contribution in [3.05, 3.63) is 59.9 Å². The molecule has 1 heterocycles. The smallest absolute Gasteiger partial charge is 0.123 e. The highest BCUT2D eigenvalue weighted by Gasteiger charge is 2.25. The molecule has 1 aliphatic rings. The lowest BCUT2D eigenvalue weighted by Crippen LogP contribution is -2.35. The Balaban J connectivity index is 1.42. The summed E-state index contributed by atoms with van der Waals surface area (Å²) < 4.78 is 24.7. The topological polar surface area (TPSA) is 41.9 Å². The van der Waals surface area contributed by atoms with Crippen molar-refractivity contribution in [3.63, 3.8) is 0 Å². The fourth-order valence-electron chi connectivity index (χ4n) is 3.42. The van der Waals surface area contributed by atoms with Gasteiger partial charge in [0.2, 0.25) is 0 Å². The SMILES string of the molecule is CCCc1ccccc1OCC(O)CN1CCC(Oc2ccc(F)cc2)C1. The number of likely N-dealkylation sites (tertiary alicyclic amines) is 1. The van der Waals surface area contributed by atoms with E-state index in [0.717, 1.165) is 38.1 Å². The molecule has 2 aromatic rings. The maximum atomic E-state index is 13.0. The molecule has 2 unspecified atom stereocenters. The molecule has 27 heavy (non-hydrogen) atoms. The standard InChI is InChI=1S/C22H28FNO3/c1-2-5-17-6-3-4-7-22(17)26-16-19(25)14-24-13-12-21(15-24)27-20-10-8-18(23)9-11-20/h3-4,6-11,19,21,25H,2,5,12-16H2,1H3. The number of para-hydroxylation sites is 1. The Hall–Kier alpha value is -2.11. The second-order valence-corrected chi connectivity index (χ2v) is 7.06. The third kappa shape index (κ3) is 5.94. The summed E-state index contributed by atoms with van der Waals surface area (Å²) >= 11 is 0. The minimum atomic E-state index is -0.552. The van der Waals surface area contributed by atoms with E-state index in [1.54, 1.807) is 12.1 Å². The van der Waals surface area contributed by atoms with Gasteiger partial charge in [-0.05, 0) is 48.7 Å². The van der Waals surface area contributed by atoms with Crippen molar-refractivity contribution in [2.24, 2.45) is 0 Å². The van der Waals surface area contributed by atoms with Gasteiger partial charge < -0.3 is 14.6 Å². The summed E-state index contributed by atoms with van der Waals surface area (Å²) in [4.78, 5) is 2.18. The van der Waals surface area contributed by atoms with Crippen LogP contribution in [0.15, 0.2) is 48.5 Å². The first-order valence-corrected chi connectivity index (χ1v) is 9.67. The van der Waals surface area contributed by atoms with Crippen LogP contribution < -0.4 is 9.47 Å². The van der Waals surface area contributed by atoms with Gasteiger partial charge in [-0.1, -0.05) is 31.5 Å². The average molecular weight is 373 g/mol. The quantitative estimate of drug-likeness (QED) is 0.728. The number of hydrogen-bond donors (Lipinski definition) is 1. The van der Waals surface area contributed by atoms with Gasteiger partial charge in [-0.2, -0.15) is 0 Å². The van der Waals surface area contributed by atoms with Crippen LogP contribution in [-0.2, 0) is 6.42 Å². The molecular formula is C22H28FNO3. The Labute approximate surface area is 160 Å². The number of benzene rings is 2. The maximum absolute atomic E-state index is 13.0. The predicted molar refractivity (Wildman–Crippen MR) is 104 cm³/mol. The Bertz CT molecular complexity index is 707. The van der Waals surface area contributed by atoms with Gasteiger partial charge in [0, 0.05) is 19.6 Å². The number of halogens is 1. The second-order valence-electron chi connectivity index (χ2n) is 7.06. The highest BCUT2D eigenvalue weighted by Crippen LogP contribution is 2.21. The monoisotopic (exact) mass is 373 g/mol. The number of rotatable bonds is 9. The second kappa shape index (κ2) is 9.72. The van der Waals surface area contributed by atoms with E-state index in [-0.39, 0.29) is 18.5 Å². The Morgan fingerprint density at radius 1 is 1.19 bits per heavy atom. The van der Waals surface area contributed by atoms with Crippen molar-refractivity contribution in [1.29, 1.82) is 0 Å². The van der Waals surface area contributed by atoms with Gasteiger partial charge in [0.15, 0.2) is 0 Å². The van der Waals surface area contributed by atoms with Gasteiger partial charge >= 0.3 is 0 Å². The van der Waals surface area contributed by atoms with Crippen LogP contribution in [0.1, 0.15) is 25.3 Å². The lowest BCUT2D eigenvalue weighted by Gasteiger charge is -2.21. The molecule has 1 aliphatic heterocycles. The third-order valence-electron chi connectivity index (χ3n) is 4.74. The number of aliphatic hydroxyl groups is 1. The zero-order chi connectivity index (χ0) is 19.1. The van der Waals surface area contributed by atoms with Crippen LogP contribution in [-0.4, -0.2) is 48.5 Å². The lowest BCUT2D eigenvalue weighted by molar-refractivity contribution is 0.0716. The molecule has 1 saturated heterocycles. The van der Waals surface area contributed by atoms with Crippen LogP contribution in [0.4, 0.5) is 4.39 Å². The molecule has 0 radical (unpaired) electrons. The Kier molecular flexibility index (Phi) is 7.07. The van der Waals surface area contributed by atoms with E-state index in [2.05, 4.69) is 17.9 Å². The molecule has 3 rings (SSSR count). The minimum Gasteiger partial charge on any atom is -0.491 e. The van der Waals surface area contributed by atoms with Crippen LogP contribution in [0.5, 0.6) is 11.5 Å². The zero-order valence-corrected chi connectivity index (χ0v) is 15.8. The summed E-state index contributed by atoms with van der Waals surface area (Å²) in [6.45, 7) is 4.60. The molecule has 0 aromatic heterocycles. The van der Waals surface area contributed by atoms with E-state index in [1.165, 1.54) is 17.7 Å². The largest absolute Gasteiger partial charge is 0.491 e. The highest BCUT2D eigenvalue weighted by atomic mass is 19.1. The van der Waals surface area contributed by atoms with Gasteiger partial charge in [-0.25, -0.2) is 4.39 Å². The average Bonchev–Trinajstić information content (AvgIpc) is 3.10. The lowest BCUT2D eigenvalue weighted by atomic mass is 10.1. The van der Waals surface area contributed by atoms with E-state index < -0.39 is 6.10 Å². The number of aliphatic hydroxyl groups excluding tert-OH is 1. The number of hydrogen-bond acceptors (Lipinski definition) is 4. The first kappa shape index (κ1) is 19.6. The minimum absolute atomic E-state index is 0.0638. The van der Waals surface area contributed by atoms with E-state index in [4.69, 9.17) is 9.47 Å². The van der Waals surface area contributed by atoms with Gasteiger partial charge in [0.05, 0.1) is 0 Å². The molecule has 1 N–H and O–H groups in total. The molecule has 0 spiro atoms. The number of nitrogens with zero attached hydrogens (tertiary/aromatic N) is 1. The number of aryl methyl sites for hydroxylation is 1. The molecule has 2 atom stereocenters. The zero-order valence-electron chi connectivity index (χ0n) is 15.8. The van der Waals surface area contributed by atoms with Gasteiger partial charge in [-0.15, -0.1) is 0 Å². The molecular weight excluding hydrogens is 345 g/mol. The molecule has 4 nitrogen and oxygen atoms in total. The fourth-order valence-corrected chi connectivity index (χ4v) is 3.42. The summed E-state index contributed by atoms with van der Waals surface area (Å²) in [5.74, 6) is 1.27. The van der Waals surface area contributed by atoms with E-state index in [9.17, 15) is 9.50 Å². The van der Waals surface area contributed by atoms with Gasteiger partial charge in [-0.3, -0.25) is 4.90 Å². The first-order chi connectivity index (χ1) is 13.1. The maximum Gasteiger partial charge on any atom is 0.123 e. The molecule has 1 fully saturated rings. The van der Waals surface area contributed by atoms with Crippen molar-refractivity contribution in [3.8, 4) is 11.5 Å². The van der Waals surface area contributed by atoms with Crippen molar-refractivity contribution >= 4 is 0 Å². The number of ether oxygens (including phenoxy) is 2. The summed E-state index contributed by atoms with van der Waals surface area (Å²) in [7, 11) is 0. The summed E-state index contributed by atoms with van der Waals surface area (Å²) in [5, 5.41) is 10.3. The van der Waals surface area contributed by atoms with Crippen molar-refractivity contribution in [2.75, 3.05) is 26.2 Å². The Morgan fingerprint density at radius 3 is 2.74 bits per heavy atom. The van der Waals surface area contributed by atoms with Gasteiger partial charge in [0.25, 0.3) is 0 Å². The van der Waals surface area contributed by atoms with E-state index >= 15 is 0 Å². The van der Waals surface area contributed by atoms with E-state index in [1.807, 2.05) is 18.2 Å². The van der Waals surface area contributed by atoms with Crippen molar-refractivity contribution in [1.82, 2.24) is 4.90 Å². The van der Waals surface area contributed by atoms with Crippen LogP contribution in [0, 0.1) is 5.82 Å². The summed E-state index contributed by atoms with van der Waals surface area (Å²) in [6, 6.07) is 14.1. The highest BCUT2D eigenvalue weighted by molar-refractivity contribution is 5.33. The fraction of sp³-hybridized carbons (Fsp3) is 0.455. The molecule has 146 valence electrons. The van der Waals surface area contributed by atoms with E-state index in [0.29, 0.717) is 12.3 Å². The molecule has 0 bridgehead atoms. The summed E-state index contributed by atoms with van der Waals surface area (Å²) in [5.41, 5.74) is 1.18.